The van der Waals surface area contributed by atoms with Crippen molar-refractivity contribution in [3.05, 3.63) is 29.6 Å². The van der Waals surface area contributed by atoms with E-state index in [1.54, 1.807) is 0 Å². The highest BCUT2D eigenvalue weighted by atomic mass is 19.1. The first-order valence-electron chi connectivity index (χ1n) is 6.00. The molecule has 1 aromatic rings. The van der Waals surface area contributed by atoms with E-state index >= 15 is 0 Å². The minimum Gasteiger partial charge on any atom is -0.496 e. The van der Waals surface area contributed by atoms with Crippen molar-refractivity contribution in [1.82, 2.24) is 5.32 Å². The van der Waals surface area contributed by atoms with Crippen LogP contribution in [0.15, 0.2) is 18.2 Å². The molecule has 0 heterocycles. The van der Waals surface area contributed by atoms with Crippen LogP contribution in [-0.4, -0.2) is 44.5 Å². The molecule has 0 spiro atoms. The standard InChI is InChI=1S/C13H18FNO4/c1-18-11-5-2-4-10(14)12(11)13(17)15-6-3-8-19-9-7-16/h2,4-5,16H,3,6-9H2,1H3,(H,15,17). The van der Waals surface area contributed by atoms with Crippen LogP contribution in [0.1, 0.15) is 16.8 Å². The molecule has 1 rings (SSSR count). The van der Waals surface area contributed by atoms with E-state index < -0.39 is 11.7 Å². The van der Waals surface area contributed by atoms with Gasteiger partial charge in [-0.15, -0.1) is 0 Å². The van der Waals surface area contributed by atoms with Crippen molar-refractivity contribution in [2.24, 2.45) is 0 Å². The molecule has 0 bridgehead atoms. The summed E-state index contributed by atoms with van der Waals surface area (Å²) in [6.45, 7) is 1.03. The predicted octanol–water partition coefficient (Wildman–Crippen LogP) is 0.963. The summed E-state index contributed by atoms with van der Waals surface area (Å²) in [7, 11) is 1.38. The van der Waals surface area contributed by atoms with Gasteiger partial charge in [0.25, 0.3) is 5.91 Å². The Labute approximate surface area is 111 Å². The van der Waals surface area contributed by atoms with Gasteiger partial charge in [-0.2, -0.15) is 0 Å². The van der Waals surface area contributed by atoms with Gasteiger partial charge in [0.1, 0.15) is 17.1 Å². The van der Waals surface area contributed by atoms with Gasteiger partial charge in [-0.3, -0.25) is 4.79 Å². The molecule has 1 aromatic carbocycles. The van der Waals surface area contributed by atoms with Crippen molar-refractivity contribution in [2.75, 3.05) is 33.5 Å². The fourth-order valence-electron chi connectivity index (χ4n) is 1.53. The Balaban J connectivity index is 2.45. The molecule has 0 aliphatic carbocycles. The molecule has 19 heavy (non-hydrogen) atoms. The van der Waals surface area contributed by atoms with Gasteiger partial charge in [-0.25, -0.2) is 4.39 Å². The van der Waals surface area contributed by atoms with Crippen LogP contribution in [0.2, 0.25) is 0 Å². The molecule has 0 radical (unpaired) electrons. The summed E-state index contributed by atoms with van der Waals surface area (Å²) in [4.78, 5) is 11.8. The van der Waals surface area contributed by atoms with Gasteiger partial charge in [-0.1, -0.05) is 6.07 Å². The molecule has 2 N–H and O–H groups in total. The van der Waals surface area contributed by atoms with Gasteiger partial charge in [0.2, 0.25) is 0 Å². The smallest absolute Gasteiger partial charge is 0.258 e. The Morgan fingerprint density at radius 2 is 2.21 bits per heavy atom. The summed E-state index contributed by atoms with van der Waals surface area (Å²) in [5.74, 6) is -0.931. The number of hydrogen-bond acceptors (Lipinski definition) is 4. The van der Waals surface area contributed by atoms with Gasteiger partial charge in [0.05, 0.1) is 20.3 Å². The zero-order valence-corrected chi connectivity index (χ0v) is 10.8. The monoisotopic (exact) mass is 271 g/mol. The third-order valence-corrected chi connectivity index (χ3v) is 2.41. The molecule has 5 nitrogen and oxygen atoms in total. The van der Waals surface area contributed by atoms with E-state index in [9.17, 15) is 9.18 Å². The van der Waals surface area contributed by atoms with Gasteiger partial charge < -0.3 is 19.9 Å². The number of aliphatic hydroxyl groups excluding tert-OH is 1. The topological polar surface area (TPSA) is 67.8 Å². The number of aliphatic hydroxyl groups is 1. The molecular weight excluding hydrogens is 253 g/mol. The van der Waals surface area contributed by atoms with Gasteiger partial charge in [0, 0.05) is 13.2 Å². The van der Waals surface area contributed by atoms with Crippen molar-refractivity contribution >= 4 is 5.91 Å². The maximum absolute atomic E-state index is 13.6. The molecular formula is C13H18FNO4. The number of rotatable bonds is 8. The van der Waals surface area contributed by atoms with Gasteiger partial charge >= 0.3 is 0 Å². The SMILES string of the molecule is COc1cccc(F)c1C(=O)NCCCOCCO. The summed E-state index contributed by atoms with van der Waals surface area (Å²) < 4.78 is 23.6. The van der Waals surface area contributed by atoms with E-state index in [4.69, 9.17) is 14.6 Å². The molecule has 0 atom stereocenters. The molecule has 0 aliphatic heterocycles. The largest absolute Gasteiger partial charge is 0.496 e. The first kappa shape index (κ1) is 15.4. The predicted molar refractivity (Wildman–Crippen MR) is 67.8 cm³/mol. The van der Waals surface area contributed by atoms with E-state index in [0.717, 1.165) is 0 Å². The highest BCUT2D eigenvalue weighted by molar-refractivity contribution is 5.97. The lowest BCUT2D eigenvalue weighted by molar-refractivity contribution is 0.0865. The van der Waals surface area contributed by atoms with Gasteiger partial charge in [0.15, 0.2) is 0 Å². The van der Waals surface area contributed by atoms with Crippen molar-refractivity contribution in [3.8, 4) is 5.75 Å². The van der Waals surface area contributed by atoms with Crippen LogP contribution in [-0.2, 0) is 4.74 Å². The Morgan fingerprint density at radius 1 is 1.42 bits per heavy atom. The number of nitrogens with one attached hydrogen (secondary N) is 1. The second-order valence-electron chi connectivity index (χ2n) is 3.76. The van der Waals surface area contributed by atoms with E-state index in [1.165, 1.54) is 25.3 Å². The Morgan fingerprint density at radius 3 is 2.89 bits per heavy atom. The lowest BCUT2D eigenvalue weighted by Crippen LogP contribution is -2.26. The van der Waals surface area contributed by atoms with E-state index in [1.807, 2.05) is 0 Å². The van der Waals surface area contributed by atoms with Crippen LogP contribution in [0.25, 0.3) is 0 Å². The third kappa shape index (κ3) is 4.84. The third-order valence-electron chi connectivity index (χ3n) is 2.41. The molecule has 0 aliphatic rings. The minimum atomic E-state index is -0.617. The number of carbonyl (C=O) groups is 1. The summed E-state index contributed by atoms with van der Waals surface area (Å²) >= 11 is 0. The van der Waals surface area contributed by atoms with Crippen LogP contribution < -0.4 is 10.1 Å². The zero-order chi connectivity index (χ0) is 14.1. The summed E-state index contributed by atoms with van der Waals surface area (Å²) in [5, 5.41) is 11.1. The van der Waals surface area contributed by atoms with E-state index in [2.05, 4.69) is 5.32 Å². The lowest BCUT2D eigenvalue weighted by Gasteiger charge is -2.10. The fourth-order valence-corrected chi connectivity index (χ4v) is 1.53. The number of methoxy groups -OCH3 is 1. The fraction of sp³-hybridized carbons (Fsp3) is 0.462. The summed E-state index contributed by atoms with van der Waals surface area (Å²) in [6.07, 6.45) is 0.586. The molecule has 106 valence electrons. The second kappa shape index (κ2) is 8.44. The normalized spacial score (nSPS) is 10.3. The second-order valence-corrected chi connectivity index (χ2v) is 3.76. The Bertz CT molecular complexity index is 412. The molecule has 0 saturated carbocycles. The van der Waals surface area contributed by atoms with Crippen molar-refractivity contribution < 1.29 is 23.8 Å². The highest BCUT2D eigenvalue weighted by Crippen LogP contribution is 2.20. The summed E-state index contributed by atoms with van der Waals surface area (Å²) in [5.41, 5.74) is -0.0960. The van der Waals surface area contributed by atoms with Crippen LogP contribution in [0.3, 0.4) is 0 Å². The number of carbonyl (C=O) groups excluding carboxylic acids is 1. The van der Waals surface area contributed by atoms with Crippen LogP contribution in [0.5, 0.6) is 5.75 Å². The maximum atomic E-state index is 13.6. The number of ether oxygens (including phenoxy) is 2. The number of halogens is 1. The Kier molecular flexibility index (Phi) is 6.84. The van der Waals surface area contributed by atoms with E-state index in [0.29, 0.717) is 19.6 Å². The van der Waals surface area contributed by atoms with Crippen molar-refractivity contribution in [1.29, 1.82) is 0 Å². The zero-order valence-electron chi connectivity index (χ0n) is 10.8. The van der Waals surface area contributed by atoms with E-state index in [-0.39, 0.29) is 24.5 Å². The van der Waals surface area contributed by atoms with Crippen LogP contribution in [0, 0.1) is 5.82 Å². The summed E-state index contributed by atoms with van der Waals surface area (Å²) in [6, 6.07) is 4.22. The number of hydrogen-bond donors (Lipinski definition) is 2. The van der Waals surface area contributed by atoms with Crippen molar-refractivity contribution in [3.63, 3.8) is 0 Å². The van der Waals surface area contributed by atoms with Crippen molar-refractivity contribution in [2.45, 2.75) is 6.42 Å². The first-order valence-corrected chi connectivity index (χ1v) is 6.00. The average Bonchev–Trinajstić information content (AvgIpc) is 2.42. The molecule has 6 heteroatoms. The maximum Gasteiger partial charge on any atom is 0.258 e. The van der Waals surface area contributed by atoms with Crippen LogP contribution in [0.4, 0.5) is 4.39 Å². The number of amides is 1. The minimum absolute atomic E-state index is 0.0290. The average molecular weight is 271 g/mol. The van der Waals surface area contributed by atoms with Crippen LogP contribution >= 0.6 is 0 Å². The van der Waals surface area contributed by atoms with Gasteiger partial charge in [-0.05, 0) is 18.6 Å². The first-order chi connectivity index (χ1) is 9.20. The molecule has 0 unspecified atom stereocenters. The quantitative estimate of drug-likeness (QED) is 0.691. The molecule has 0 aromatic heterocycles. The highest BCUT2D eigenvalue weighted by Gasteiger charge is 2.16. The molecule has 0 fully saturated rings. The molecule has 1 amide bonds. The lowest BCUT2D eigenvalue weighted by atomic mass is 10.1. The number of benzene rings is 1. The Hall–Kier alpha value is -1.66. The molecule has 0 saturated heterocycles.